The molecule has 0 aliphatic heterocycles. The van der Waals surface area contributed by atoms with Crippen molar-refractivity contribution in [3.63, 3.8) is 0 Å². The molecule has 2 heterocycles. The molecule has 14 nitrogen and oxygen atoms in total. The highest BCUT2D eigenvalue weighted by atomic mass is 32.2. The monoisotopic (exact) mass is 578 g/mol. The number of H-pyrrole nitrogens is 2. The number of benzene rings is 3. The van der Waals surface area contributed by atoms with Gasteiger partial charge in [0.15, 0.2) is 10.3 Å². The van der Waals surface area contributed by atoms with E-state index in [4.69, 9.17) is 0 Å². The van der Waals surface area contributed by atoms with Crippen LogP contribution in [0.3, 0.4) is 0 Å². The van der Waals surface area contributed by atoms with Crippen LogP contribution in [0.15, 0.2) is 71.0 Å². The Bertz CT molecular complexity index is 1640. The Morgan fingerprint density at radius 2 is 1.10 bits per heavy atom. The van der Waals surface area contributed by atoms with Crippen molar-refractivity contribution in [2.24, 2.45) is 0 Å². The number of thioether (sulfide) groups is 2. The summed E-state index contributed by atoms with van der Waals surface area (Å²) in [5.74, 6) is -0.430. The number of fused-ring (bicyclic) bond motifs is 2. The van der Waals surface area contributed by atoms with Crippen LogP contribution in [0.5, 0.6) is 0 Å². The molecule has 5 aromatic rings. The van der Waals surface area contributed by atoms with Crippen molar-refractivity contribution in [2.45, 2.75) is 10.3 Å². The van der Waals surface area contributed by atoms with Gasteiger partial charge >= 0.3 is 0 Å². The van der Waals surface area contributed by atoms with E-state index >= 15 is 0 Å². The minimum absolute atomic E-state index is 0.0508. The van der Waals surface area contributed by atoms with Gasteiger partial charge in [0.05, 0.1) is 43.4 Å². The van der Waals surface area contributed by atoms with Crippen molar-refractivity contribution in [1.29, 1.82) is 0 Å². The first-order valence-corrected chi connectivity index (χ1v) is 13.4. The van der Waals surface area contributed by atoms with Gasteiger partial charge in [0, 0.05) is 35.6 Å². The normalized spacial score (nSPS) is 11.0. The zero-order chi connectivity index (χ0) is 28.2. The molecule has 16 heteroatoms. The molecule has 0 aliphatic rings. The number of non-ortho nitro benzene ring substituents is 2. The first-order valence-electron chi connectivity index (χ1n) is 11.5. The number of nitrogens with zero attached hydrogens (tertiary/aromatic N) is 4. The molecule has 0 fully saturated rings. The van der Waals surface area contributed by atoms with E-state index in [2.05, 4.69) is 30.6 Å². The fourth-order valence-corrected chi connectivity index (χ4v) is 4.98. The van der Waals surface area contributed by atoms with Crippen molar-refractivity contribution in [3.8, 4) is 0 Å². The number of imidazole rings is 2. The smallest absolute Gasteiger partial charge is 0.271 e. The highest BCUT2D eigenvalue weighted by Crippen LogP contribution is 2.25. The molecule has 202 valence electrons. The lowest BCUT2D eigenvalue weighted by atomic mass is 10.3. The van der Waals surface area contributed by atoms with Crippen LogP contribution in [0.1, 0.15) is 0 Å². The lowest BCUT2D eigenvalue weighted by molar-refractivity contribution is -0.384. The molecule has 0 bridgehead atoms. The molecule has 4 N–H and O–H groups in total. The molecule has 0 saturated carbocycles. The van der Waals surface area contributed by atoms with Crippen LogP contribution < -0.4 is 10.6 Å². The highest BCUT2D eigenvalue weighted by Gasteiger charge is 2.13. The standard InChI is InChI=1S/C24H18N8O6S2/c33-21(11-39-23-27-17-7-5-15(31(35)36)9-19(17)29-23)25-13-1-2-14(4-3-13)26-22(34)12-40-24-28-18-8-6-16(32(37)38)10-20(18)30-24/h1-10H,11-12H2,(H,25,33)(H,26,34)(H,27,29)(H,28,30). The third-order valence-corrected chi connectivity index (χ3v) is 7.19. The maximum absolute atomic E-state index is 12.4. The Morgan fingerprint density at radius 3 is 1.48 bits per heavy atom. The van der Waals surface area contributed by atoms with Crippen molar-refractivity contribution in [1.82, 2.24) is 19.9 Å². The fraction of sp³-hybridized carbons (Fsp3) is 0.0833. The van der Waals surface area contributed by atoms with E-state index in [-0.39, 0.29) is 34.7 Å². The predicted molar refractivity (Wildman–Crippen MR) is 151 cm³/mol. The molecule has 5 rings (SSSR count). The van der Waals surface area contributed by atoms with E-state index in [9.17, 15) is 29.8 Å². The number of nitro groups is 2. The van der Waals surface area contributed by atoms with Crippen molar-refractivity contribution in [2.75, 3.05) is 22.1 Å². The van der Waals surface area contributed by atoms with Crippen LogP contribution in [-0.4, -0.2) is 53.1 Å². The topological polar surface area (TPSA) is 202 Å². The number of aromatic nitrogens is 4. The van der Waals surface area contributed by atoms with E-state index in [0.717, 1.165) is 23.5 Å². The van der Waals surface area contributed by atoms with Crippen LogP contribution in [0.25, 0.3) is 22.1 Å². The number of carbonyl (C=O) groups excluding carboxylic acids is 2. The summed E-state index contributed by atoms with van der Waals surface area (Å²) in [5, 5.41) is 28.3. The number of amides is 2. The summed E-state index contributed by atoms with van der Waals surface area (Å²) in [4.78, 5) is 60.2. The first kappa shape index (κ1) is 26.6. The van der Waals surface area contributed by atoms with Gasteiger partial charge in [0.25, 0.3) is 11.4 Å². The average Bonchev–Trinajstić information content (AvgIpc) is 3.54. The molecule has 0 aliphatic carbocycles. The quantitative estimate of drug-likeness (QED) is 0.102. The Kier molecular flexibility index (Phi) is 7.61. The number of rotatable bonds is 10. The minimum atomic E-state index is -0.489. The molecule has 0 spiro atoms. The Hall–Kier alpha value is -4.96. The van der Waals surface area contributed by atoms with Gasteiger partial charge in [-0.05, 0) is 36.4 Å². The lowest BCUT2D eigenvalue weighted by Gasteiger charge is -2.07. The van der Waals surface area contributed by atoms with Gasteiger partial charge in [-0.1, -0.05) is 23.5 Å². The van der Waals surface area contributed by atoms with E-state index in [1.54, 1.807) is 36.4 Å². The van der Waals surface area contributed by atoms with Crippen LogP contribution in [0.4, 0.5) is 22.7 Å². The van der Waals surface area contributed by atoms with Gasteiger partial charge in [0.1, 0.15) is 0 Å². The number of nitrogens with one attached hydrogen (secondary N) is 4. The third kappa shape index (κ3) is 6.36. The van der Waals surface area contributed by atoms with Crippen molar-refractivity contribution < 1.29 is 19.4 Å². The second-order valence-electron chi connectivity index (χ2n) is 8.25. The fourth-order valence-electron chi connectivity index (χ4n) is 3.61. The summed E-state index contributed by atoms with van der Waals surface area (Å²) in [6, 6.07) is 15.2. The summed E-state index contributed by atoms with van der Waals surface area (Å²) in [6.45, 7) is 0. The van der Waals surface area contributed by atoms with Crippen molar-refractivity contribution in [3.05, 3.63) is 80.9 Å². The number of hydrogen-bond acceptors (Lipinski definition) is 10. The third-order valence-electron chi connectivity index (χ3n) is 5.44. The van der Waals surface area contributed by atoms with Gasteiger partial charge in [-0.15, -0.1) is 0 Å². The summed E-state index contributed by atoms with van der Waals surface area (Å²) in [6.07, 6.45) is 0. The largest absolute Gasteiger partial charge is 0.333 e. The first-order chi connectivity index (χ1) is 19.2. The van der Waals surface area contributed by atoms with Gasteiger partial charge < -0.3 is 20.6 Å². The Balaban J connectivity index is 1.09. The molecule has 0 radical (unpaired) electrons. The van der Waals surface area contributed by atoms with Crippen LogP contribution >= 0.6 is 23.5 Å². The summed E-state index contributed by atoms with van der Waals surface area (Å²) < 4.78 is 0. The molecule has 0 unspecified atom stereocenters. The summed E-state index contributed by atoms with van der Waals surface area (Å²) in [7, 11) is 0. The SMILES string of the molecule is O=C(CSc1nc2ccc([N+](=O)[O-])cc2[nH]1)Nc1ccc(NC(=O)CSc2nc3ccc([N+](=O)[O-])cc3[nH]2)cc1. The number of anilines is 2. The second-order valence-corrected chi connectivity index (χ2v) is 10.2. The molecule has 2 aromatic heterocycles. The number of aromatic amines is 2. The molecule has 2 amide bonds. The van der Waals surface area contributed by atoms with Crippen molar-refractivity contribution >= 4 is 80.2 Å². The predicted octanol–water partition coefficient (Wildman–Crippen LogP) is 4.72. The maximum atomic E-state index is 12.4. The molecular weight excluding hydrogens is 560 g/mol. The maximum Gasteiger partial charge on any atom is 0.271 e. The zero-order valence-electron chi connectivity index (χ0n) is 20.2. The second kappa shape index (κ2) is 11.4. The van der Waals surface area contributed by atoms with E-state index in [0.29, 0.717) is 43.8 Å². The summed E-state index contributed by atoms with van der Waals surface area (Å²) >= 11 is 2.32. The number of hydrogen-bond donors (Lipinski definition) is 4. The summed E-state index contributed by atoms with van der Waals surface area (Å²) in [5.41, 5.74) is 3.12. The molecule has 0 atom stereocenters. The van der Waals surface area contributed by atoms with Crippen LogP contribution in [-0.2, 0) is 9.59 Å². The molecule has 40 heavy (non-hydrogen) atoms. The van der Waals surface area contributed by atoms with Gasteiger partial charge in [0.2, 0.25) is 11.8 Å². The molecule has 3 aromatic carbocycles. The van der Waals surface area contributed by atoms with Gasteiger partial charge in [-0.2, -0.15) is 0 Å². The van der Waals surface area contributed by atoms with Crippen LogP contribution in [0, 0.1) is 20.2 Å². The van der Waals surface area contributed by atoms with E-state index < -0.39 is 9.85 Å². The molecular formula is C24H18N8O6S2. The van der Waals surface area contributed by atoms with Crippen LogP contribution in [0.2, 0.25) is 0 Å². The van der Waals surface area contributed by atoms with E-state index in [1.165, 1.54) is 24.3 Å². The zero-order valence-corrected chi connectivity index (χ0v) is 21.9. The Labute approximate surface area is 232 Å². The number of nitro benzene ring substituents is 2. The number of carbonyl (C=O) groups is 2. The highest BCUT2D eigenvalue weighted by molar-refractivity contribution is 8.00. The van der Waals surface area contributed by atoms with Gasteiger partial charge in [-0.3, -0.25) is 29.8 Å². The van der Waals surface area contributed by atoms with E-state index in [1.807, 2.05) is 0 Å². The molecule has 0 saturated heterocycles. The van der Waals surface area contributed by atoms with Gasteiger partial charge in [-0.25, -0.2) is 9.97 Å². The minimum Gasteiger partial charge on any atom is -0.333 e. The Morgan fingerprint density at radius 1 is 0.700 bits per heavy atom. The average molecular weight is 579 g/mol. The lowest BCUT2D eigenvalue weighted by Crippen LogP contribution is -2.15.